The molecule has 2 amide bonds. The number of halogens is 2. The average molecular weight is 396 g/mol. The fourth-order valence-electron chi connectivity index (χ4n) is 3.26. The summed E-state index contributed by atoms with van der Waals surface area (Å²) < 4.78 is 28.1. The Bertz CT molecular complexity index is 1040. The SMILES string of the molecule is O=C(c1ccc(F)c(F)c1)N1CCN(C(=O)c2cnn(-c3ccccc3)c2)CC1. The molecule has 3 aromatic rings. The molecular weight excluding hydrogens is 378 g/mol. The Balaban J connectivity index is 1.39. The second-order valence-corrected chi connectivity index (χ2v) is 6.72. The van der Waals surface area contributed by atoms with Crippen LogP contribution in [0.2, 0.25) is 0 Å². The predicted molar refractivity (Wildman–Crippen MR) is 102 cm³/mol. The van der Waals surface area contributed by atoms with Crippen molar-refractivity contribution in [2.45, 2.75) is 0 Å². The molecular formula is C21H18F2N4O2. The van der Waals surface area contributed by atoms with Gasteiger partial charge in [-0.15, -0.1) is 0 Å². The molecule has 0 atom stereocenters. The summed E-state index contributed by atoms with van der Waals surface area (Å²) in [5, 5.41) is 4.24. The van der Waals surface area contributed by atoms with Gasteiger partial charge in [-0.3, -0.25) is 9.59 Å². The van der Waals surface area contributed by atoms with Crippen molar-refractivity contribution in [3.05, 3.63) is 83.7 Å². The quantitative estimate of drug-likeness (QED) is 0.684. The van der Waals surface area contributed by atoms with Gasteiger partial charge in [0.05, 0.1) is 17.4 Å². The van der Waals surface area contributed by atoms with Crippen LogP contribution in [0.3, 0.4) is 0 Å². The molecule has 148 valence electrons. The van der Waals surface area contributed by atoms with E-state index in [0.29, 0.717) is 31.7 Å². The monoisotopic (exact) mass is 396 g/mol. The van der Waals surface area contributed by atoms with Crippen LogP contribution in [0.25, 0.3) is 5.69 Å². The standard InChI is InChI=1S/C21H18F2N4O2/c22-18-7-6-15(12-19(18)23)20(28)25-8-10-26(11-9-25)21(29)16-13-24-27(14-16)17-4-2-1-3-5-17/h1-7,12-14H,8-11H2. The van der Waals surface area contributed by atoms with Gasteiger partial charge in [-0.05, 0) is 30.3 Å². The van der Waals surface area contributed by atoms with Crippen LogP contribution >= 0.6 is 0 Å². The third-order valence-corrected chi connectivity index (χ3v) is 4.87. The van der Waals surface area contributed by atoms with Gasteiger partial charge in [0.25, 0.3) is 11.8 Å². The molecule has 0 N–H and O–H groups in total. The van der Waals surface area contributed by atoms with Crippen molar-refractivity contribution >= 4 is 11.8 Å². The van der Waals surface area contributed by atoms with Crippen LogP contribution < -0.4 is 0 Å². The molecule has 0 radical (unpaired) electrons. The Morgan fingerprint density at radius 3 is 2.03 bits per heavy atom. The largest absolute Gasteiger partial charge is 0.335 e. The van der Waals surface area contributed by atoms with E-state index in [1.807, 2.05) is 30.3 Å². The number of nitrogens with zero attached hydrogens (tertiary/aromatic N) is 4. The first-order valence-corrected chi connectivity index (χ1v) is 9.16. The van der Waals surface area contributed by atoms with E-state index < -0.39 is 11.6 Å². The first-order valence-electron chi connectivity index (χ1n) is 9.16. The van der Waals surface area contributed by atoms with E-state index in [1.165, 1.54) is 17.2 Å². The molecule has 1 aromatic heterocycles. The van der Waals surface area contributed by atoms with Gasteiger partial charge in [-0.2, -0.15) is 5.10 Å². The lowest BCUT2D eigenvalue weighted by atomic mass is 10.1. The number of hydrogen-bond donors (Lipinski definition) is 0. The van der Waals surface area contributed by atoms with Crippen LogP contribution in [0.5, 0.6) is 0 Å². The maximum atomic E-state index is 13.4. The molecule has 1 fully saturated rings. The van der Waals surface area contributed by atoms with E-state index in [9.17, 15) is 18.4 Å². The number of carbonyl (C=O) groups is 2. The molecule has 0 unspecified atom stereocenters. The molecule has 0 aliphatic carbocycles. The van der Waals surface area contributed by atoms with Crippen molar-refractivity contribution in [2.24, 2.45) is 0 Å². The van der Waals surface area contributed by atoms with Gasteiger partial charge in [0.1, 0.15) is 0 Å². The molecule has 1 aliphatic rings. The van der Waals surface area contributed by atoms with E-state index in [2.05, 4.69) is 5.10 Å². The van der Waals surface area contributed by atoms with Gasteiger partial charge in [-0.25, -0.2) is 13.5 Å². The Morgan fingerprint density at radius 2 is 1.41 bits per heavy atom. The first-order chi connectivity index (χ1) is 14.0. The fraction of sp³-hybridized carbons (Fsp3) is 0.190. The van der Waals surface area contributed by atoms with E-state index in [-0.39, 0.29) is 17.4 Å². The highest BCUT2D eigenvalue weighted by atomic mass is 19.2. The lowest BCUT2D eigenvalue weighted by molar-refractivity contribution is 0.0535. The van der Waals surface area contributed by atoms with Crippen molar-refractivity contribution in [3.63, 3.8) is 0 Å². The van der Waals surface area contributed by atoms with Gasteiger partial charge in [0.15, 0.2) is 11.6 Å². The summed E-state index contributed by atoms with van der Waals surface area (Å²) in [4.78, 5) is 28.4. The number of para-hydroxylation sites is 1. The van der Waals surface area contributed by atoms with Crippen molar-refractivity contribution < 1.29 is 18.4 Å². The first kappa shape index (κ1) is 18.8. The third-order valence-electron chi connectivity index (χ3n) is 4.87. The zero-order chi connectivity index (χ0) is 20.4. The highest BCUT2D eigenvalue weighted by Gasteiger charge is 2.26. The van der Waals surface area contributed by atoms with Crippen LogP contribution in [0, 0.1) is 11.6 Å². The van der Waals surface area contributed by atoms with Gasteiger partial charge in [0.2, 0.25) is 0 Å². The Hall–Kier alpha value is -3.55. The number of rotatable bonds is 3. The van der Waals surface area contributed by atoms with E-state index in [1.54, 1.807) is 15.8 Å². The van der Waals surface area contributed by atoms with Crippen molar-refractivity contribution in [2.75, 3.05) is 26.2 Å². The van der Waals surface area contributed by atoms with Crippen LogP contribution in [-0.2, 0) is 0 Å². The minimum atomic E-state index is -1.06. The lowest BCUT2D eigenvalue weighted by Gasteiger charge is -2.34. The minimum absolute atomic E-state index is 0.0906. The summed E-state index contributed by atoms with van der Waals surface area (Å²) in [6.07, 6.45) is 3.20. The fourth-order valence-corrected chi connectivity index (χ4v) is 3.26. The smallest absolute Gasteiger partial charge is 0.257 e. The zero-order valence-corrected chi connectivity index (χ0v) is 15.5. The van der Waals surface area contributed by atoms with Gasteiger partial charge in [-0.1, -0.05) is 18.2 Å². The summed E-state index contributed by atoms with van der Waals surface area (Å²) in [7, 11) is 0. The molecule has 1 saturated heterocycles. The lowest BCUT2D eigenvalue weighted by Crippen LogP contribution is -2.50. The molecule has 6 nitrogen and oxygen atoms in total. The summed E-state index contributed by atoms with van der Waals surface area (Å²) >= 11 is 0. The molecule has 8 heteroatoms. The van der Waals surface area contributed by atoms with Crippen molar-refractivity contribution in [1.82, 2.24) is 19.6 Å². The summed E-state index contributed by atoms with van der Waals surface area (Å²) in [6.45, 7) is 1.34. The average Bonchev–Trinajstić information content (AvgIpc) is 3.26. The number of carbonyl (C=O) groups excluding carboxylic acids is 2. The highest BCUT2D eigenvalue weighted by Crippen LogP contribution is 2.15. The second-order valence-electron chi connectivity index (χ2n) is 6.72. The number of piperazine rings is 1. The van der Waals surface area contributed by atoms with Crippen LogP contribution in [0.1, 0.15) is 20.7 Å². The van der Waals surface area contributed by atoms with Gasteiger partial charge in [0, 0.05) is 37.9 Å². The van der Waals surface area contributed by atoms with Crippen LogP contribution in [0.4, 0.5) is 8.78 Å². The Morgan fingerprint density at radius 1 is 0.793 bits per heavy atom. The van der Waals surface area contributed by atoms with Crippen molar-refractivity contribution in [1.29, 1.82) is 0 Å². The maximum absolute atomic E-state index is 13.4. The zero-order valence-electron chi connectivity index (χ0n) is 15.5. The second kappa shape index (κ2) is 7.83. The predicted octanol–water partition coefficient (Wildman–Crippen LogP) is 2.75. The van der Waals surface area contributed by atoms with Crippen LogP contribution in [0.15, 0.2) is 60.9 Å². The summed E-state index contributed by atoms with van der Waals surface area (Å²) in [6, 6.07) is 12.6. The number of aromatic nitrogens is 2. The Kier molecular flexibility index (Phi) is 5.07. The summed E-state index contributed by atoms with van der Waals surface area (Å²) in [5.74, 6) is -2.59. The van der Waals surface area contributed by atoms with E-state index in [4.69, 9.17) is 0 Å². The van der Waals surface area contributed by atoms with E-state index in [0.717, 1.165) is 17.8 Å². The van der Waals surface area contributed by atoms with Crippen molar-refractivity contribution in [3.8, 4) is 5.69 Å². The molecule has 0 spiro atoms. The third kappa shape index (κ3) is 3.87. The van der Waals surface area contributed by atoms with Crippen LogP contribution in [-0.4, -0.2) is 57.6 Å². The molecule has 2 aromatic carbocycles. The van der Waals surface area contributed by atoms with Gasteiger partial charge < -0.3 is 9.80 Å². The number of benzene rings is 2. The minimum Gasteiger partial charge on any atom is -0.335 e. The molecule has 29 heavy (non-hydrogen) atoms. The van der Waals surface area contributed by atoms with E-state index >= 15 is 0 Å². The normalized spacial score (nSPS) is 14.1. The topological polar surface area (TPSA) is 58.4 Å². The maximum Gasteiger partial charge on any atom is 0.257 e. The molecule has 4 rings (SSSR count). The highest BCUT2D eigenvalue weighted by molar-refractivity contribution is 5.95. The number of hydrogen-bond acceptors (Lipinski definition) is 3. The molecule has 2 heterocycles. The number of amides is 2. The Labute approximate surface area is 166 Å². The van der Waals surface area contributed by atoms with Gasteiger partial charge >= 0.3 is 0 Å². The molecule has 1 aliphatic heterocycles. The molecule has 0 bridgehead atoms. The molecule has 0 saturated carbocycles. The summed E-state index contributed by atoms with van der Waals surface area (Å²) in [5.41, 5.74) is 1.41.